The van der Waals surface area contributed by atoms with Gasteiger partial charge in [0.15, 0.2) is 5.78 Å². The highest BCUT2D eigenvalue weighted by atomic mass is 19.4. The van der Waals surface area contributed by atoms with Gasteiger partial charge in [0.25, 0.3) is 0 Å². The van der Waals surface area contributed by atoms with Crippen molar-refractivity contribution in [3.63, 3.8) is 0 Å². The number of methoxy groups -OCH3 is 1. The fraction of sp³-hybridized carbons (Fsp3) is 0.385. The number of carbonyl (C=O) groups is 2. The predicted octanol–water partition coefficient (Wildman–Crippen LogP) is 1.86. The number of nitrogens with two attached hydrogens (primary N) is 1. The van der Waals surface area contributed by atoms with Crippen LogP contribution < -0.4 is 10.5 Å². The van der Waals surface area contributed by atoms with Crippen LogP contribution in [0.4, 0.5) is 13.2 Å². The average molecular weight is 331 g/mol. The first-order chi connectivity index (χ1) is 10.6. The number of nitrogens with zero attached hydrogens (tertiary/aromatic N) is 2. The van der Waals surface area contributed by atoms with Crippen molar-refractivity contribution in [1.29, 1.82) is 0 Å². The normalized spacial score (nSPS) is 16.7. The van der Waals surface area contributed by atoms with E-state index < -0.39 is 36.1 Å². The number of hydrogen-bond acceptors (Lipinski definition) is 6. The van der Waals surface area contributed by atoms with Gasteiger partial charge in [-0.1, -0.05) is 6.07 Å². The van der Waals surface area contributed by atoms with E-state index in [9.17, 15) is 22.8 Å². The second kappa shape index (κ2) is 5.61. The zero-order valence-corrected chi connectivity index (χ0v) is 11.8. The van der Waals surface area contributed by atoms with Crippen molar-refractivity contribution in [2.75, 3.05) is 7.11 Å². The number of ether oxygens (including phenoxy) is 1. The number of halogens is 3. The summed E-state index contributed by atoms with van der Waals surface area (Å²) in [7, 11) is 1.18. The fourth-order valence-electron chi connectivity index (χ4n) is 1.98. The molecule has 0 fully saturated rings. The number of rotatable bonds is 6. The van der Waals surface area contributed by atoms with Gasteiger partial charge in [0.1, 0.15) is 11.8 Å². The molecule has 0 amide bonds. The lowest BCUT2D eigenvalue weighted by molar-refractivity contribution is -0.166. The third-order valence-corrected chi connectivity index (χ3v) is 3.32. The SMILES string of the molecule is COc1cc(C2(C(F)(F)F)N=N2)ccc1C(=O)C[C@@H](N)C(=O)O. The number of hydrogen-bond donors (Lipinski definition) is 2. The van der Waals surface area contributed by atoms with Gasteiger partial charge in [0.05, 0.1) is 12.7 Å². The van der Waals surface area contributed by atoms with Crippen LogP contribution in [0.25, 0.3) is 0 Å². The van der Waals surface area contributed by atoms with E-state index >= 15 is 0 Å². The highest BCUT2D eigenvalue weighted by Crippen LogP contribution is 2.53. The summed E-state index contributed by atoms with van der Waals surface area (Å²) < 4.78 is 43.8. The molecule has 23 heavy (non-hydrogen) atoms. The Labute approximate surface area is 127 Å². The van der Waals surface area contributed by atoms with Crippen LogP contribution in [0.15, 0.2) is 28.4 Å². The molecule has 0 unspecified atom stereocenters. The Balaban J connectivity index is 2.31. The summed E-state index contributed by atoms with van der Waals surface area (Å²) in [4.78, 5) is 22.7. The van der Waals surface area contributed by atoms with Crippen LogP contribution in [0.3, 0.4) is 0 Å². The fourth-order valence-corrected chi connectivity index (χ4v) is 1.98. The number of ketones is 1. The lowest BCUT2D eigenvalue weighted by Crippen LogP contribution is -2.32. The lowest BCUT2D eigenvalue weighted by Gasteiger charge is -2.17. The molecule has 0 saturated heterocycles. The van der Waals surface area contributed by atoms with Crippen LogP contribution in [0.2, 0.25) is 0 Å². The van der Waals surface area contributed by atoms with Crippen molar-refractivity contribution < 1.29 is 32.6 Å². The van der Waals surface area contributed by atoms with E-state index in [0.29, 0.717) is 0 Å². The molecule has 0 radical (unpaired) electrons. The van der Waals surface area contributed by atoms with Gasteiger partial charge >= 0.3 is 17.8 Å². The second-order valence-electron chi connectivity index (χ2n) is 4.86. The van der Waals surface area contributed by atoms with Crippen molar-refractivity contribution >= 4 is 11.8 Å². The zero-order chi connectivity index (χ0) is 17.4. The molecular formula is C13H12F3N3O4. The monoisotopic (exact) mass is 331 g/mol. The Morgan fingerprint density at radius 1 is 1.39 bits per heavy atom. The minimum Gasteiger partial charge on any atom is -0.496 e. The molecule has 1 aromatic rings. The molecule has 7 nitrogen and oxygen atoms in total. The highest BCUT2D eigenvalue weighted by molar-refractivity contribution is 6.01. The third-order valence-electron chi connectivity index (χ3n) is 3.32. The number of carboxylic acid groups (broad SMARTS) is 1. The van der Waals surface area contributed by atoms with E-state index in [1.54, 1.807) is 0 Å². The summed E-state index contributed by atoms with van der Waals surface area (Å²) in [6, 6.07) is 1.76. The predicted molar refractivity (Wildman–Crippen MR) is 70.1 cm³/mol. The maximum Gasteiger partial charge on any atom is 0.442 e. The molecule has 3 N–H and O–H groups in total. The molecule has 0 aromatic heterocycles. The molecule has 1 aliphatic rings. The molecule has 1 heterocycles. The van der Waals surface area contributed by atoms with Gasteiger partial charge in [-0.05, 0) is 12.1 Å². The summed E-state index contributed by atoms with van der Waals surface area (Å²) in [5.74, 6) is -2.15. The first-order valence-corrected chi connectivity index (χ1v) is 6.33. The first kappa shape index (κ1) is 16.9. The number of Topliss-reactive ketones (excluding diaryl/α,β-unsaturated/α-hetero) is 1. The molecule has 0 bridgehead atoms. The van der Waals surface area contributed by atoms with E-state index in [1.165, 1.54) is 7.11 Å². The highest BCUT2D eigenvalue weighted by Gasteiger charge is 2.65. The summed E-state index contributed by atoms with van der Waals surface area (Å²) in [5.41, 5.74) is 2.29. The van der Waals surface area contributed by atoms with Crippen molar-refractivity contribution in [3.05, 3.63) is 29.3 Å². The average Bonchev–Trinajstić information content (AvgIpc) is 3.27. The molecule has 1 atom stereocenters. The third kappa shape index (κ3) is 3.02. The Morgan fingerprint density at radius 2 is 2.00 bits per heavy atom. The van der Waals surface area contributed by atoms with Crippen LogP contribution in [0.5, 0.6) is 5.75 Å². The summed E-state index contributed by atoms with van der Waals surface area (Å²) >= 11 is 0. The zero-order valence-electron chi connectivity index (χ0n) is 11.8. The van der Waals surface area contributed by atoms with E-state index in [1.807, 2.05) is 0 Å². The van der Waals surface area contributed by atoms with Gasteiger partial charge in [-0.25, -0.2) is 0 Å². The second-order valence-corrected chi connectivity index (χ2v) is 4.86. The Morgan fingerprint density at radius 3 is 2.43 bits per heavy atom. The van der Waals surface area contributed by atoms with Gasteiger partial charge in [0.2, 0.25) is 0 Å². The maximum atomic E-state index is 13.0. The Bertz CT molecular complexity index is 682. The summed E-state index contributed by atoms with van der Waals surface area (Å²) in [5, 5.41) is 14.8. The standard InChI is InChI=1S/C13H12F3N3O4/c1-23-10-4-6(12(18-19-12)13(14,15)16)2-3-7(10)9(20)5-8(17)11(21)22/h2-4,8H,5,17H2,1H3,(H,21,22)/t8-/m1/s1. The van der Waals surface area contributed by atoms with E-state index in [0.717, 1.165) is 18.2 Å². The first-order valence-electron chi connectivity index (χ1n) is 6.33. The molecule has 1 aliphatic heterocycles. The maximum absolute atomic E-state index is 13.0. The number of benzene rings is 1. The molecule has 124 valence electrons. The number of aliphatic carboxylic acids is 1. The van der Waals surface area contributed by atoms with Crippen LogP contribution >= 0.6 is 0 Å². The van der Waals surface area contributed by atoms with Crippen LogP contribution in [-0.4, -0.2) is 36.2 Å². The topological polar surface area (TPSA) is 114 Å². The van der Waals surface area contributed by atoms with Gasteiger partial charge in [-0.2, -0.15) is 13.2 Å². The molecule has 0 spiro atoms. The van der Waals surface area contributed by atoms with Gasteiger partial charge in [0, 0.05) is 12.0 Å². The lowest BCUT2D eigenvalue weighted by atomic mass is 9.97. The molecule has 2 rings (SSSR count). The molecule has 0 aliphatic carbocycles. The molecule has 10 heteroatoms. The van der Waals surface area contributed by atoms with Crippen molar-refractivity contribution in [3.8, 4) is 5.75 Å². The smallest absolute Gasteiger partial charge is 0.442 e. The Hall–Kier alpha value is -2.49. The number of carbonyl (C=O) groups excluding carboxylic acids is 1. The number of alkyl halides is 3. The summed E-state index contributed by atoms with van der Waals surface area (Å²) in [6.07, 6.45) is -5.21. The van der Waals surface area contributed by atoms with E-state index in [4.69, 9.17) is 15.6 Å². The van der Waals surface area contributed by atoms with Crippen molar-refractivity contribution in [1.82, 2.24) is 0 Å². The molecular weight excluding hydrogens is 319 g/mol. The van der Waals surface area contributed by atoms with Gasteiger partial charge in [-0.15, -0.1) is 10.2 Å². The van der Waals surface area contributed by atoms with Crippen LogP contribution in [0.1, 0.15) is 22.3 Å². The number of carboxylic acids is 1. The van der Waals surface area contributed by atoms with Gasteiger partial charge < -0.3 is 15.6 Å². The largest absolute Gasteiger partial charge is 0.496 e. The minimum absolute atomic E-state index is 0.0640. The van der Waals surface area contributed by atoms with Crippen LogP contribution in [0, 0.1) is 0 Å². The van der Waals surface area contributed by atoms with Crippen molar-refractivity contribution in [2.45, 2.75) is 24.3 Å². The minimum atomic E-state index is -4.70. The molecule has 1 aromatic carbocycles. The quantitative estimate of drug-likeness (QED) is 0.772. The van der Waals surface area contributed by atoms with Crippen molar-refractivity contribution in [2.24, 2.45) is 16.0 Å². The van der Waals surface area contributed by atoms with E-state index in [-0.39, 0.29) is 16.9 Å². The molecule has 0 saturated carbocycles. The van der Waals surface area contributed by atoms with Gasteiger partial charge in [-0.3, -0.25) is 9.59 Å². The Kier molecular flexibility index (Phi) is 4.12. The van der Waals surface area contributed by atoms with E-state index in [2.05, 4.69) is 10.2 Å². The summed E-state index contributed by atoms with van der Waals surface area (Å²) in [6.45, 7) is 0. The van der Waals surface area contributed by atoms with Crippen LogP contribution in [-0.2, 0) is 10.5 Å².